The predicted molar refractivity (Wildman–Crippen MR) is 135 cm³/mol. The van der Waals surface area contributed by atoms with Gasteiger partial charge in [-0.3, -0.25) is 4.98 Å². The van der Waals surface area contributed by atoms with Gasteiger partial charge in [-0.15, -0.1) is 0 Å². The molecule has 0 saturated carbocycles. The number of nitriles is 1. The van der Waals surface area contributed by atoms with Gasteiger partial charge in [-0.1, -0.05) is 35.9 Å². The van der Waals surface area contributed by atoms with E-state index in [0.29, 0.717) is 36.0 Å². The molecule has 5 rings (SSSR count). The number of aliphatic hydroxyl groups is 1. The third-order valence-electron chi connectivity index (χ3n) is 6.65. The highest BCUT2D eigenvalue weighted by molar-refractivity contribution is 7.89. The van der Waals surface area contributed by atoms with Crippen LogP contribution < -0.4 is 14.4 Å². The summed E-state index contributed by atoms with van der Waals surface area (Å²) in [5.41, 5.74) is 2.66. The van der Waals surface area contributed by atoms with Crippen LogP contribution in [0.4, 0.5) is 5.69 Å². The molecule has 1 aliphatic heterocycles. The third-order valence-corrected chi connectivity index (χ3v) is 8.30. The predicted octanol–water partition coefficient (Wildman–Crippen LogP) is 3.59. The SMILES string of the molecule is N#Cc1cc(S(=O)(=O)N[C@@H]2c3ccccc3C[C@@H]2O)ccc1N1CCC(Oc2cncc(Cl)c2)CC1. The lowest BCUT2D eigenvalue weighted by Crippen LogP contribution is -2.38. The zero-order chi connectivity index (χ0) is 25.3. The number of nitrogens with zero attached hydrogens (tertiary/aromatic N) is 3. The largest absolute Gasteiger partial charge is 0.489 e. The molecule has 2 aromatic carbocycles. The fraction of sp³-hybridized carbons (Fsp3) is 0.308. The van der Waals surface area contributed by atoms with E-state index >= 15 is 0 Å². The van der Waals surface area contributed by atoms with Gasteiger partial charge in [0.25, 0.3) is 0 Å². The molecule has 0 radical (unpaired) electrons. The summed E-state index contributed by atoms with van der Waals surface area (Å²) in [6.07, 6.45) is 4.18. The van der Waals surface area contributed by atoms with Crippen LogP contribution in [0.3, 0.4) is 0 Å². The summed E-state index contributed by atoms with van der Waals surface area (Å²) in [7, 11) is -3.96. The second-order valence-electron chi connectivity index (χ2n) is 9.00. The summed E-state index contributed by atoms with van der Waals surface area (Å²) in [6, 6.07) is 15.1. The molecule has 1 fully saturated rings. The van der Waals surface area contributed by atoms with Crippen LogP contribution in [0.15, 0.2) is 65.8 Å². The minimum atomic E-state index is -3.96. The van der Waals surface area contributed by atoms with Crippen LogP contribution in [0, 0.1) is 11.3 Å². The van der Waals surface area contributed by atoms with Crippen LogP contribution in [0.1, 0.15) is 35.6 Å². The maximum absolute atomic E-state index is 13.2. The molecule has 1 saturated heterocycles. The number of fused-ring (bicyclic) bond motifs is 1. The Bertz CT molecular complexity index is 1420. The van der Waals surface area contributed by atoms with E-state index in [9.17, 15) is 18.8 Å². The van der Waals surface area contributed by atoms with Gasteiger partial charge in [0, 0.05) is 44.6 Å². The molecule has 1 aromatic heterocycles. The van der Waals surface area contributed by atoms with Crippen molar-refractivity contribution in [1.82, 2.24) is 9.71 Å². The van der Waals surface area contributed by atoms with Crippen molar-refractivity contribution in [3.8, 4) is 11.8 Å². The van der Waals surface area contributed by atoms with E-state index in [1.807, 2.05) is 24.3 Å². The van der Waals surface area contributed by atoms with E-state index in [-0.39, 0.29) is 16.6 Å². The van der Waals surface area contributed by atoms with Crippen LogP contribution in [0.5, 0.6) is 5.75 Å². The van der Waals surface area contributed by atoms with E-state index in [2.05, 4.69) is 20.7 Å². The van der Waals surface area contributed by atoms with Crippen molar-refractivity contribution in [1.29, 1.82) is 5.26 Å². The van der Waals surface area contributed by atoms with Gasteiger partial charge < -0.3 is 14.7 Å². The van der Waals surface area contributed by atoms with Crippen molar-refractivity contribution in [2.45, 2.75) is 42.4 Å². The Morgan fingerprint density at radius 3 is 2.67 bits per heavy atom. The number of anilines is 1. The molecular formula is C26H25ClN4O4S. The first kappa shape index (κ1) is 24.5. The summed E-state index contributed by atoms with van der Waals surface area (Å²) in [5, 5.41) is 20.8. The number of piperidine rings is 1. The lowest BCUT2D eigenvalue weighted by molar-refractivity contribution is 0.151. The Morgan fingerprint density at radius 1 is 1.14 bits per heavy atom. The third kappa shape index (κ3) is 5.04. The van der Waals surface area contributed by atoms with E-state index < -0.39 is 22.2 Å². The van der Waals surface area contributed by atoms with E-state index in [1.54, 1.807) is 24.5 Å². The Kier molecular flexibility index (Phi) is 6.86. The van der Waals surface area contributed by atoms with E-state index in [0.717, 1.165) is 24.0 Å². The normalized spacial score (nSPS) is 20.1. The first-order valence-electron chi connectivity index (χ1n) is 11.7. The van der Waals surface area contributed by atoms with Gasteiger partial charge in [0.05, 0.1) is 39.5 Å². The zero-order valence-electron chi connectivity index (χ0n) is 19.3. The number of aliphatic hydroxyl groups excluding tert-OH is 1. The van der Waals surface area contributed by atoms with Gasteiger partial charge in [-0.25, -0.2) is 13.1 Å². The summed E-state index contributed by atoms with van der Waals surface area (Å²) in [5.74, 6) is 0.621. The van der Waals surface area contributed by atoms with Crippen molar-refractivity contribution in [3.05, 3.63) is 82.6 Å². The summed E-state index contributed by atoms with van der Waals surface area (Å²) < 4.78 is 34.9. The Labute approximate surface area is 215 Å². The molecule has 3 aromatic rings. The molecule has 0 unspecified atom stereocenters. The molecule has 2 atom stereocenters. The zero-order valence-corrected chi connectivity index (χ0v) is 20.9. The summed E-state index contributed by atoms with van der Waals surface area (Å²) in [4.78, 5) is 6.10. The van der Waals surface area contributed by atoms with Gasteiger partial charge in [0.15, 0.2) is 0 Å². The lowest BCUT2D eigenvalue weighted by Gasteiger charge is -2.34. The highest BCUT2D eigenvalue weighted by Crippen LogP contribution is 2.33. The van der Waals surface area contributed by atoms with E-state index in [1.165, 1.54) is 12.1 Å². The number of benzene rings is 2. The van der Waals surface area contributed by atoms with Gasteiger partial charge in [-0.05, 0) is 29.3 Å². The Hall–Kier alpha value is -3.16. The number of hydrogen-bond donors (Lipinski definition) is 2. The number of ether oxygens (including phenoxy) is 1. The average molecular weight is 525 g/mol. The lowest BCUT2D eigenvalue weighted by atomic mass is 10.1. The Morgan fingerprint density at radius 2 is 1.92 bits per heavy atom. The van der Waals surface area contributed by atoms with Crippen molar-refractivity contribution in [2.24, 2.45) is 0 Å². The molecule has 10 heteroatoms. The number of pyridine rings is 1. The topological polar surface area (TPSA) is 116 Å². The smallest absolute Gasteiger partial charge is 0.241 e. The molecule has 0 bridgehead atoms. The number of hydrogen-bond acceptors (Lipinski definition) is 7. The van der Waals surface area contributed by atoms with Crippen molar-refractivity contribution in [2.75, 3.05) is 18.0 Å². The number of aromatic nitrogens is 1. The first-order valence-corrected chi connectivity index (χ1v) is 13.5. The van der Waals surface area contributed by atoms with Crippen LogP contribution in [-0.2, 0) is 16.4 Å². The van der Waals surface area contributed by atoms with Gasteiger partial charge in [0.1, 0.15) is 17.9 Å². The van der Waals surface area contributed by atoms with Crippen molar-refractivity contribution >= 4 is 27.3 Å². The molecule has 186 valence electrons. The molecule has 2 aliphatic rings. The highest BCUT2D eigenvalue weighted by Gasteiger charge is 2.34. The van der Waals surface area contributed by atoms with Crippen molar-refractivity contribution in [3.63, 3.8) is 0 Å². The number of nitrogens with one attached hydrogen (secondary N) is 1. The minimum absolute atomic E-state index is 0.00313. The molecule has 1 aliphatic carbocycles. The minimum Gasteiger partial charge on any atom is -0.489 e. The molecule has 36 heavy (non-hydrogen) atoms. The molecule has 0 spiro atoms. The average Bonchev–Trinajstić information content (AvgIpc) is 3.18. The molecule has 2 heterocycles. The summed E-state index contributed by atoms with van der Waals surface area (Å²) >= 11 is 5.98. The molecule has 0 amide bonds. The highest BCUT2D eigenvalue weighted by atomic mass is 35.5. The fourth-order valence-electron chi connectivity index (χ4n) is 4.86. The quantitative estimate of drug-likeness (QED) is 0.506. The first-order chi connectivity index (χ1) is 17.3. The summed E-state index contributed by atoms with van der Waals surface area (Å²) in [6.45, 7) is 1.31. The fourth-order valence-corrected chi connectivity index (χ4v) is 6.30. The van der Waals surface area contributed by atoms with E-state index in [4.69, 9.17) is 16.3 Å². The monoisotopic (exact) mass is 524 g/mol. The molecule has 2 N–H and O–H groups in total. The maximum Gasteiger partial charge on any atom is 0.241 e. The maximum atomic E-state index is 13.2. The van der Waals surface area contributed by atoms with Crippen LogP contribution in [-0.4, -0.2) is 43.8 Å². The van der Waals surface area contributed by atoms with Crippen molar-refractivity contribution < 1.29 is 18.3 Å². The van der Waals surface area contributed by atoms with Crippen LogP contribution in [0.25, 0.3) is 0 Å². The van der Waals surface area contributed by atoms with Gasteiger partial charge in [-0.2, -0.15) is 5.26 Å². The second-order valence-corrected chi connectivity index (χ2v) is 11.2. The molecular weight excluding hydrogens is 500 g/mol. The number of halogens is 1. The molecule has 8 nitrogen and oxygen atoms in total. The van der Waals surface area contributed by atoms with Gasteiger partial charge in [0.2, 0.25) is 10.0 Å². The van der Waals surface area contributed by atoms with Gasteiger partial charge >= 0.3 is 0 Å². The standard InChI is InChI=1S/C26H25ClN4O4S/c27-19-13-21(16-29-15-19)35-20-7-9-31(10-8-20)24-6-5-22(11-18(24)14-28)36(33,34)30-26-23-4-2-1-3-17(23)12-25(26)32/h1-6,11,13,15-16,20,25-26,30,32H,7-10,12H2/t25-,26+/m0/s1. The Balaban J connectivity index is 1.28. The number of rotatable bonds is 6. The van der Waals surface area contributed by atoms with Crippen LogP contribution >= 0.6 is 11.6 Å². The van der Waals surface area contributed by atoms with Crippen LogP contribution in [0.2, 0.25) is 5.02 Å². The second kappa shape index (κ2) is 10.1. The number of sulfonamides is 1.